The number of hydrogen-bond acceptors (Lipinski definition) is 7. The second-order valence-electron chi connectivity index (χ2n) is 1.87. The summed E-state index contributed by atoms with van der Waals surface area (Å²) < 4.78 is 22.6. The molecule has 0 spiro atoms. The molecule has 22 N–H and O–H groups in total. The summed E-state index contributed by atoms with van der Waals surface area (Å²) in [4.78, 5) is 0. The molecule has 0 aromatic carbocycles. The van der Waals surface area contributed by atoms with Crippen molar-refractivity contribution in [2.24, 2.45) is 0 Å². The zero-order valence-corrected chi connectivity index (χ0v) is 10.2. The van der Waals surface area contributed by atoms with Crippen LogP contribution in [0.15, 0.2) is 0 Å². The van der Waals surface area contributed by atoms with E-state index in [0.717, 1.165) is 0 Å². The van der Waals surface area contributed by atoms with Crippen LogP contribution in [-0.2, 0) is 22.9 Å². The van der Waals surface area contributed by atoms with Crippen molar-refractivity contribution in [3.63, 3.8) is 0 Å². The van der Waals surface area contributed by atoms with Gasteiger partial charge in [-0.3, -0.25) is 0 Å². The third-order valence-corrected chi connectivity index (χ3v) is 1.13. The van der Waals surface area contributed by atoms with E-state index in [1.807, 2.05) is 0 Å². The molecule has 0 aromatic heterocycles. The van der Waals surface area contributed by atoms with Crippen LogP contribution in [0.1, 0.15) is 0 Å². The van der Waals surface area contributed by atoms with Crippen molar-refractivity contribution in [3.05, 3.63) is 0 Å². The van der Waals surface area contributed by atoms with Crippen molar-refractivity contribution >= 4 is 126 Å². The molecule has 2 aliphatic heterocycles. The molecule has 0 radical (unpaired) electrons. The maximum atomic E-state index is 8.74. The molecule has 2 bridgehead atoms. The average molecular weight is 467 g/mol. The molecule has 2 rings (SSSR count). The summed E-state index contributed by atoms with van der Waals surface area (Å²) in [7, 11) is -5.20. The van der Waals surface area contributed by atoms with Gasteiger partial charge in [-0.05, 0) is 0 Å². The van der Waals surface area contributed by atoms with Gasteiger partial charge in [0, 0.05) is 0 Å². The van der Waals surface area contributed by atoms with Crippen molar-refractivity contribution < 1.29 is 87.7 Å². The van der Waals surface area contributed by atoms with Gasteiger partial charge >= 0.3 is 126 Å². The predicted molar refractivity (Wildman–Crippen MR) is 84.7 cm³/mol. The summed E-state index contributed by atoms with van der Waals surface area (Å²) in [6, 6.07) is 0. The average Bonchev–Trinajstić information content (AvgIpc) is 1.82. The molecule has 2 fully saturated rings. The first-order valence-corrected chi connectivity index (χ1v) is 2.87. The molecule has 0 aliphatic carbocycles. The monoisotopic (exact) mass is 468 g/mol. The van der Waals surface area contributed by atoms with Crippen LogP contribution in [-0.4, -0.2) is 191 Å². The SMILES string of the molecule is O.O.O.O.O.O.O.O.O.O.OB1OB2OB(O)OB(O1)O2.[KH].[SrH2]. The molecule has 0 amide bonds. The van der Waals surface area contributed by atoms with Gasteiger partial charge in [-0.25, -0.2) is 0 Å². The molecule has 23 heteroatoms. The van der Waals surface area contributed by atoms with Crippen LogP contribution in [0.3, 0.4) is 0 Å². The van der Waals surface area contributed by atoms with Crippen LogP contribution in [0.5, 0.6) is 0 Å². The Morgan fingerprint density at radius 1 is 0.435 bits per heavy atom. The van der Waals surface area contributed by atoms with Gasteiger partial charge in [0.1, 0.15) is 0 Å². The van der Waals surface area contributed by atoms with Crippen molar-refractivity contribution in [2.75, 3.05) is 0 Å². The molecule has 17 nitrogen and oxygen atoms in total. The van der Waals surface area contributed by atoms with E-state index in [1.165, 1.54) is 0 Å². The van der Waals surface area contributed by atoms with Crippen LogP contribution in [0.2, 0.25) is 0 Å². The molecule has 0 aromatic rings. The second-order valence-corrected chi connectivity index (χ2v) is 1.87. The molecule has 0 saturated carbocycles. The summed E-state index contributed by atoms with van der Waals surface area (Å²) in [6.07, 6.45) is 0. The predicted octanol–water partition coefficient (Wildman–Crippen LogP) is -12.8. The number of fused-ring (bicyclic) bond motifs is 2. The number of rotatable bonds is 0. The van der Waals surface area contributed by atoms with Gasteiger partial charge in [-0.2, -0.15) is 0 Å². The first kappa shape index (κ1) is 72.6. The van der Waals surface area contributed by atoms with Crippen molar-refractivity contribution in [1.29, 1.82) is 0 Å². The molecule has 2 saturated heterocycles. The van der Waals surface area contributed by atoms with Crippen LogP contribution >= 0.6 is 0 Å². The van der Waals surface area contributed by atoms with Gasteiger partial charge in [0.2, 0.25) is 0 Å². The van der Waals surface area contributed by atoms with Gasteiger partial charge in [-0.1, -0.05) is 0 Å². The van der Waals surface area contributed by atoms with Crippen LogP contribution in [0.4, 0.5) is 0 Å². The van der Waals surface area contributed by atoms with E-state index in [-0.39, 0.29) is 152 Å². The summed E-state index contributed by atoms with van der Waals surface area (Å²) in [6.45, 7) is 0. The first-order valence-electron chi connectivity index (χ1n) is 2.87. The Bertz CT molecular complexity index is 132. The molecule has 0 unspecified atom stereocenters. The first-order chi connectivity index (χ1) is 5.24. The van der Waals surface area contributed by atoms with Gasteiger partial charge in [0.05, 0.1) is 0 Å². The third-order valence-electron chi connectivity index (χ3n) is 1.13. The minimum absolute atomic E-state index is 0. The normalized spacial score (nSPS) is 11.7. The quantitative estimate of drug-likeness (QED) is 0.323. The Kier molecular flexibility index (Phi) is 113. The Labute approximate surface area is 210 Å². The maximum absolute atomic E-state index is 8.74. The van der Waals surface area contributed by atoms with E-state index in [0.29, 0.717) is 0 Å². The summed E-state index contributed by atoms with van der Waals surface area (Å²) in [5.41, 5.74) is 0. The third kappa shape index (κ3) is 24.7. The fraction of sp³-hybridized carbons (Fsp3) is 0. The zero-order chi connectivity index (χ0) is 7.84. The van der Waals surface area contributed by atoms with E-state index < -0.39 is 29.3 Å². The fourth-order valence-corrected chi connectivity index (χ4v) is 0.728. The van der Waals surface area contributed by atoms with Crippen molar-refractivity contribution in [2.45, 2.75) is 0 Å². The van der Waals surface area contributed by atoms with Crippen molar-refractivity contribution in [3.8, 4) is 0 Å². The molecule has 0 atom stereocenters. The molecule has 23 heavy (non-hydrogen) atoms. The molecule has 2 heterocycles. The van der Waals surface area contributed by atoms with Gasteiger partial charge in [0.15, 0.2) is 0 Å². The Balaban J connectivity index is -0.0000000133. The molecule has 2 aliphatic rings. The fourth-order valence-electron chi connectivity index (χ4n) is 0.728. The Morgan fingerprint density at radius 3 is 0.783 bits per heavy atom. The standard InChI is InChI=1S/B4H2O7.K.10H2O.Sr.3H/c5-1-7-3-9-2(6)10-4(8-1)11-3;;;;;;;;;;;;;;;/h5-6H;;10*1H2;;;;. The van der Waals surface area contributed by atoms with Crippen LogP contribution in [0.25, 0.3) is 0 Å². The molecular formula is H25B4KO17Sr. The van der Waals surface area contributed by atoms with Gasteiger partial charge in [-0.15, -0.1) is 0 Å². The van der Waals surface area contributed by atoms with E-state index >= 15 is 0 Å². The number of hydrogen-bond donors (Lipinski definition) is 2. The summed E-state index contributed by atoms with van der Waals surface area (Å²) in [5.74, 6) is 0. The Hall–Kier alpha value is 2.70. The van der Waals surface area contributed by atoms with E-state index in [2.05, 4.69) is 22.9 Å². The molecular weight excluding hydrogens is 442 g/mol. The van der Waals surface area contributed by atoms with E-state index in [9.17, 15) is 0 Å². The van der Waals surface area contributed by atoms with Gasteiger partial charge < -0.3 is 87.7 Å². The topological polar surface area (TPSA) is 402 Å². The summed E-state index contributed by atoms with van der Waals surface area (Å²) >= 11 is 0. The minimum atomic E-state index is -1.45. The van der Waals surface area contributed by atoms with Crippen LogP contribution < -0.4 is 0 Å². The summed E-state index contributed by atoms with van der Waals surface area (Å²) in [5, 5.41) is 17.5. The Morgan fingerprint density at radius 2 is 0.609 bits per heavy atom. The zero-order valence-electron chi connectivity index (χ0n) is 10.2. The second kappa shape index (κ2) is 35.7. The van der Waals surface area contributed by atoms with E-state index in [4.69, 9.17) is 10.0 Å². The van der Waals surface area contributed by atoms with E-state index in [1.54, 1.807) is 0 Å². The molecule has 142 valence electrons. The van der Waals surface area contributed by atoms with Gasteiger partial charge in [0.25, 0.3) is 0 Å². The van der Waals surface area contributed by atoms with Crippen molar-refractivity contribution in [1.82, 2.24) is 0 Å². The van der Waals surface area contributed by atoms with Crippen LogP contribution in [0, 0.1) is 0 Å².